The van der Waals surface area contributed by atoms with Gasteiger partial charge in [-0.25, -0.2) is 4.39 Å². The third-order valence-corrected chi connectivity index (χ3v) is 2.86. The Labute approximate surface area is 99.9 Å². The first-order valence-corrected chi connectivity index (χ1v) is 6.06. The van der Waals surface area contributed by atoms with Gasteiger partial charge >= 0.3 is 5.97 Å². The molecule has 0 atom stereocenters. The van der Waals surface area contributed by atoms with Gasteiger partial charge in [0, 0.05) is 11.3 Å². The number of halogens is 1. The van der Waals surface area contributed by atoms with Crippen LogP contribution >= 0.6 is 11.8 Å². The average Bonchev–Trinajstić information content (AvgIpc) is 2.24. The van der Waals surface area contributed by atoms with Crippen LogP contribution in [-0.4, -0.2) is 16.8 Å². The normalized spacial score (nSPS) is 13.4. The molecule has 0 saturated heterocycles. The highest BCUT2D eigenvalue weighted by atomic mass is 32.2. The molecular formula is C12H17FO2S. The van der Waals surface area contributed by atoms with Gasteiger partial charge in [-0.15, -0.1) is 11.8 Å². The van der Waals surface area contributed by atoms with Gasteiger partial charge in [-0.3, -0.25) is 4.79 Å². The minimum atomic E-state index is -0.810. The second-order valence-corrected chi connectivity index (χ2v) is 4.44. The first kappa shape index (κ1) is 15.0. The molecule has 0 saturated carbocycles. The molecule has 0 radical (unpaired) electrons. The number of carboxylic acids is 1. The van der Waals surface area contributed by atoms with Crippen LogP contribution in [0.3, 0.4) is 0 Å². The molecule has 4 heteroatoms. The Hall–Kier alpha value is -1.03. The van der Waals surface area contributed by atoms with E-state index >= 15 is 0 Å². The fraction of sp³-hybridized carbons (Fsp3) is 0.417. The fourth-order valence-corrected chi connectivity index (χ4v) is 1.69. The lowest BCUT2D eigenvalue weighted by atomic mass is 10.3. The third kappa shape index (κ3) is 8.29. The van der Waals surface area contributed by atoms with E-state index in [2.05, 4.69) is 0 Å². The molecule has 0 fully saturated rings. The van der Waals surface area contributed by atoms with Crippen LogP contribution in [0, 0.1) is 0 Å². The van der Waals surface area contributed by atoms with Gasteiger partial charge in [-0.05, 0) is 32.1 Å². The molecule has 1 N–H and O–H groups in total. The van der Waals surface area contributed by atoms with Crippen molar-refractivity contribution in [2.24, 2.45) is 0 Å². The molecular weight excluding hydrogens is 227 g/mol. The van der Waals surface area contributed by atoms with Crippen molar-refractivity contribution in [3.8, 4) is 0 Å². The zero-order chi connectivity index (χ0) is 12.4. The van der Waals surface area contributed by atoms with Crippen molar-refractivity contribution in [3.05, 3.63) is 35.0 Å². The molecule has 0 spiro atoms. The molecule has 0 aromatic rings. The smallest absolute Gasteiger partial charge is 0.303 e. The standard InChI is InChI=1S/C12H17FO2S/c1-3-4-5-7-11(13)10(2)16-9-6-8-12(14)15/h3-5,7H,6,8-9H2,1-2H3,(H,14,15)/b4-3-,7-5-,11-10-. The van der Waals surface area contributed by atoms with E-state index in [4.69, 9.17) is 5.11 Å². The van der Waals surface area contributed by atoms with E-state index in [0.717, 1.165) is 0 Å². The summed E-state index contributed by atoms with van der Waals surface area (Å²) < 4.78 is 13.3. The van der Waals surface area contributed by atoms with Crippen molar-refractivity contribution in [2.45, 2.75) is 26.7 Å². The summed E-state index contributed by atoms with van der Waals surface area (Å²) in [5.41, 5.74) is 0. The summed E-state index contributed by atoms with van der Waals surface area (Å²) in [6.07, 6.45) is 7.30. The average molecular weight is 244 g/mol. The van der Waals surface area contributed by atoms with Crippen LogP contribution in [-0.2, 0) is 4.79 Å². The minimum Gasteiger partial charge on any atom is -0.481 e. The molecule has 0 amide bonds. The zero-order valence-electron chi connectivity index (χ0n) is 9.57. The van der Waals surface area contributed by atoms with Crippen molar-refractivity contribution in [3.63, 3.8) is 0 Å². The summed E-state index contributed by atoms with van der Waals surface area (Å²) >= 11 is 1.35. The number of aliphatic carboxylic acids is 1. The molecule has 0 aliphatic carbocycles. The highest BCUT2D eigenvalue weighted by Gasteiger charge is 2.00. The van der Waals surface area contributed by atoms with E-state index in [9.17, 15) is 9.18 Å². The molecule has 0 rings (SSSR count). The number of hydrogen-bond donors (Lipinski definition) is 1. The molecule has 0 aliphatic heterocycles. The second kappa shape index (κ2) is 9.21. The molecule has 0 aromatic carbocycles. The summed E-state index contributed by atoms with van der Waals surface area (Å²) in [5.74, 6) is -0.447. The van der Waals surface area contributed by atoms with E-state index in [1.54, 1.807) is 19.1 Å². The first-order chi connectivity index (χ1) is 7.57. The van der Waals surface area contributed by atoms with Crippen LogP contribution in [0.5, 0.6) is 0 Å². The highest BCUT2D eigenvalue weighted by molar-refractivity contribution is 8.03. The lowest BCUT2D eigenvalue weighted by molar-refractivity contribution is -0.137. The van der Waals surface area contributed by atoms with Crippen molar-refractivity contribution in [1.82, 2.24) is 0 Å². The van der Waals surface area contributed by atoms with Crippen molar-refractivity contribution in [1.29, 1.82) is 0 Å². The number of thioether (sulfide) groups is 1. The van der Waals surface area contributed by atoms with E-state index in [1.165, 1.54) is 17.8 Å². The summed E-state index contributed by atoms with van der Waals surface area (Å²) in [6, 6.07) is 0. The number of carbonyl (C=O) groups is 1. The predicted molar refractivity (Wildman–Crippen MR) is 67.1 cm³/mol. The van der Waals surface area contributed by atoms with E-state index in [0.29, 0.717) is 17.1 Å². The van der Waals surface area contributed by atoms with E-state index in [1.807, 2.05) is 13.0 Å². The first-order valence-electron chi connectivity index (χ1n) is 5.08. The van der Waals surface area contributed by atoms with Gasteiger partial charge in [-0.1, -0.05) is 18.2 Å². The fourth-order valence-electron chi connectivity index (χ4n) is 0.886. The van der Waals surface area contributed by atoms with Crippen molar-refractivity contribution < 1.29 is 14.3 Å². The second-order valence-electron chi connectivity index (χ2n) is 3.13. The summed E-state index contributed by atoms with van der Waals surface area (Å²) in [4.78, 5) is 10.8. The monoisotopic (exact) mass is 244 g/mol. The molecule has 0 heterocycles. The summed E-state index contributed by atoms with van der Waals surface area (Å²) in [5, 5.41) is 8.42. The largest absolute Gasteiger partial charge is 0.481 e. The molecule has 0 aromatic heterocycles. The predicted octanol–water partition coefficient (Wildman–Crippen LogP) is 3.92. The Morgan fingerprint density at radius 2 is 2.12 bits per heavy atom. The lowest BCUT2D eigenvalue weighted by Gasteiger charge is -2.00. The highest BCUT2D eigenvalue weighted by Crippen LogP contribution is 2.22. The van der Waals surface area contributed by atoms with Gasteiger partial charge in [0.25, 0.3) is 0 Å². The molecule has 90 valence electrons. The number of carboxylic acid groups (broad SMARTS) is 1. The Morgan fingerprint density at radius 3 is 2.69 bits per heavy atom. The molecule has 2 nitrogen and oxygen atoms in total. The number of hydrogen-bond acceptors (Lipinski definition) is 2. The maximum Gasteiger partial charge on any atom is 0.303 e. The third-order valence-electron chi connectivity index (χ3n) is 1.74. The zero-order valence-corrected chi connectivity index (χ0v) is 10.4. The van der Waals surface area contributed by atoms with Crippen LogP contribution < -0.4 is 0 Å². The van der Waals surface area contributed by atoms with Gasteiger partial charge in [-0.2, -0.15) is 0 Å². The quantitative estimate of drug-likeness (QED) is 0.545. The van der Waals surface area contributed by atoms with Crippen LogP contribution in [0.25, 0.3) is 0 Å². The van der Waals surface area contributed by atoms with Gasteiger partial charge < -0.3 is 5.11 Å². The topological polar surface area (TPSA) is 37.3 Å². The minimum absolute atomic E-state index is 0.135. The maximum absolute atomic E-state index is 13.3. The Morgan fingerprint density at radius 1 is 1.44 bits per heavy atom. The van der Waals surface area contributed by atoms with Crippen LogP contribution in [0.1, 0.15) is 26.7 Å². The summed E-state index contributed by atoms with van der Waals surface area (Å²) in [7, 11) is 0. The number of allylic oxidation sites excluding steroid dienone is 6. The lowest BCUT2D eigenvalue weighted by Crippen LogP contribution is -1.94. The molecule has 0 bridgehead atoms. The Balaban J connectivity index is 3.96. The van der Waals surface area contributed by atoms with E-state index < -0.39 is 5.97 Å². The maximum atomic E-state index is 13.3. The van der Waals surface area contributed by atoms with Gasteiger partial charge in [0.05, 0.1) is 0 Å². The van der Waals surface area contributed by atoms with Crippen LogP contribution in [0.4, 0.5) is 4.39 Å². The Bertz CT molecular complexity index is 306. The van der Waals surface area contributed by atoms with Crippen molar-refractivity contribution >= 4 is 17.7 Å². The van der Waals surface area contributed by atoms with Gasteiger partial charge in [0.15, 0.2) is 0 Å². The Kier molecular flexibility index (Phi) is 8.62. The van der Waals surface area contributed by atoms with Crippen LogP contribution in [0.2, 0.25) is 0 Å². The van der Waals surface area contributed by atoms with Crippen LogP contribution in [0.15, 0.2) is 35.0 Å². The van der Waals surface area contributed by atoms with E-state index in [-0.39, 0.29) is 12.2 Å². The molecule has 0 aliphatic rings. The molecule has 0 unspecified atom stereocenters. The van der Waals surface area contributed by atoms with Gasteiger partial charge in [0.2, 0.25) is 0 Å². The van der Waals surface area contributed by atoms with Crippen molar-refractivity contribution in [2.75, 3.05) is 5.75 Å². The summed E-state index contributed by atoms with van der Waals surface area (Å²) in [6.45, 7) is 3.56. The SMILES string of the molecule is C\C=C/C=C\C(F)=C(/C)SCCCC(=O)O. The number of rotatable bonds is 7. The molecule has 16 heavy (non-hydrogen) atoms. The van der Waals surface area contributed by atoms with Gasteiger partial charge in [0.1, 0.15) is 5.83 Å².